The molecule has 1 heterocycles. The van der Waals surface area contributed by atoms with Crippen LogP contribution in [0.1, 0.15) is 52.0 Å². The van der Waals surface area contributed by atoms with Crippen molar-refractivity contribution in [2.45, 2.75) is 52.0 Å². The number of hydrogen-bond acceptors (Lipinski definition) is 3. The topological polar surface area (TPSA) is 61.0 Å². The van der Waals surface area contributed by atoms with Gasteiger partial charge < -0.3 is 10.1 Å². The van der Waals surface area contributed by atoms with Crippen LogP contribution in [0.25, 0.3) is 0 Å². The third-order valence-corrected chi connectivity index (χ3v) is 2.71. The fourth-order valence-electron chi connectivity index (χ4n) is 1.67. The summed E-state index contributed by atoms with van der Waals surface area (Å²) >= 11 is 0. The van der Waals surface area contributed by atoms with Crippen molar-refractivity contribution in [1.82, 2.24) is 9.78 Å². The molecule has 1 unspecified atom stereocenters. The minimum absolute atomic E-state index is 0.0691. The molecule has 1 atom stereocenters. The van der Waals surface area contributed by atoms with Gasteiger partial charge in [0, 0.05) is 0 Å². The van der Waals surface area contributed by atoms with Gasteiger partial charge >= 0.3 is 5.82 Å². The Morgan fingerprint density at radius 2 is 2.25 bits per heavy atom. The molecule has 0 bridgehead atoms. The Kier molecular flexibility index (Phi) is 4.95. The molecule has 0 aliphatic heterocycles. The average molecular weight is 225 g/mol. The Morgan fingerprint density at radius 1 is 1.50 bits per heavy atom. The highest BCUT2D eigenvalue weighted by atomic mass is 16.6. The molecule has 0 saturated carbocycles. The highest BCUT2D eigenvalue weighted by Gasteiger charge is 2.14. The van der Waals surface area contributed by atoms with E-state index < -0.39 is 4.92 Å². The predicted octanol–water partition coefficient (Wildman–Crippen LogP) is 3.32. The summed E-state index contributed by atoms with van der Waals surface area (Å²) in [5, 5.41) is 14.4. The zero-order chi connectivity index (χ0) is 12.0. The lowest BCUT2D eigenvalue weighted by Crippen LogP contribution is -2.06. The molecule has 0 fully saturated rings. The second kappa shape index (κ2) is 6.25. The van der Waals surface area contributed by atoms with Crippen molar-refractivity contribution < 1.29 is 4.92 Å². The van der Waals surface area contributed by atoms with Gasteiger partial charge in [-0.05, 0) is 18.3 Å². The third kappa shape index (κ3) is 3.64. The highest BCUT2D eigenvalue weighted by Crippen LogP contribution is 2.17. The van der Waals surface area contributed by atoms with Crippen molar-refractivity contribution in [3.8, 4) is 0 Å². The second-order valence-corrected chi connectivity index (χ2v) is 4.11. The fraction of sp³-hybridized carbons (Fsp3) is 0.727. The van der Waals surface area contributed by atoms with E-state index in [-0.39, 0.29) is 11.9 Å². The lowest BCUT2D eigenvalue weighted by Gasteiger charge is -2.07. The lowest BCUT2D eigenvalue weighted by molar-refractivity contribution is -0.389. The van der Waals surface area contributed by atoms with E-state index in [1.165, 1.54) is 25.3 Å². The quantitative estimate of drug-likeness (QED) is 0.406. The first-order valence-corrected chi connectivity index (χ1v) is 5.84. The number of unbranched alkanes of at least 4 members (excludes halogenated alkanes) is 3. The van der Waals surface area contributed by atoms with Gasteiger partial charge in [-0.15, -0.1) is 0 Å². The Labute approximate surface area is 95.6 Å². The summed E-state index contributed by atoms with van der Waals surface area (Å²) in [5.74, 6) is -0.0691. The molecule has 90 valence electrons. The lowest BCUT2D eigenvalue weighted by atomic mass is 10.1. The van der Waals surface area contributed by atoms with Gasteiger partial charge in [0.1, 0.15) is 0 Å². The molecule has 0 aliphatic carbocycles. The van der Waals surface area contributed by atoms with E-state index in [9.17, 15) is 10.1 Å². The normalized spacial score (nSPS) is 12.6. The van der Waals surface area contributed by atoms with Crippen LogP contribution in [0.5, 0.6) is 0 Å². The van der Waals surface area contributed by atoms with Gasteiger partial charge in [-0.1, -0.05) is 32.6 Å². The van der Waals surface area contributed by atoms with Crippen LogP contribution in [0, 0.1) is 10.1 Å². The summed E-state index contributed by atoms with van der Waals surface area (Å²) in [7, 11) is 0. The number of rotatable bonds is 7. The zero-order valence-electron chi connectivity index (χ0n) is 9.93. The van der Waals surface area contributed by atoms with E-state index in [0.717, 1.165) is 12.8 Å². The van der Waals surface area contributed by atoms with Crippen molar-refractivity contribution in [2.24, 2.45) is 0 Å². The molecule has 0 N–H and O–H groups in total. The number of aromatic nitrogens is 2. The third-order valence-electron chi connectivity index (χ3n) is 2.71. The minimum Gasteiger partial charge on any atom is -0.358 e. The standard InChI is InChI=1S/C11H19N3O2/c1-3-4-5-6-7-10(2)13-9-8-11(12-13)14(15)16/h8-10H,3-7H2,1-2H3. The maximum absolute atomic E-state index is 10.5. The smallest absolute Gasteiger partial charge is 0.358 e. The Hall–Kier alpha value is -1.39. The molecule has 1 aromatic rings. The largest absolute Gasteiger partial charge is 0.389 e. The SMILES string of the molecule is CCCCCCC(C)n1ccc([N+](=O)[O-])n1. The number of hydrogen-bond donors (Lipinski definition) is 0. The van der Waals surface area contributed by atoms with Gasteiger partial charge in [0.2, 0.25) is 0 Å². The molecule has 1 rings (SSSR count). The molecule has 0 aromatic carbocycles. The van der Waals surface area contributed by atoms with E-state index in [4.69, 9.17) is 0 Å². The molecule has 5 heteroatoms. The van der Waals surface area contributed by atoms with Crippen LogP contribution in [-0.2, 0) is 0 Å². The van der Waals surface area contributed by atoms with E-state index in [1.807, 2.05) is 6.92 Å². The Balaban J connectivity index is 2.40. The highest BCUT2D eigenvalue weighted by molar-refractivity contribution is 5.14. The van der Waals surface area contributed by atoms with Gasteiger partial charge in [0.15, 0.2) is 0 Å². The molecule has 0 aliphatic rings. The van der Waals surface area contributed by atoms with Gasteiger partial charge in [0.05, 0.1) is 23.4 Å². The first-order chi connectivity index (χ1) is 7.65. The number of nitrogens with zero attached hydrogens (tertiary/aromatic N) is 3. The second-order valence-electron chi connectivity index (χ2n) is 4.11. The van der Waals surface area contributed by atoms with E-state index in [1.54, 1.807) is 10.9 Å². The van der Waals surface area contributed by atoms with Crippen molar-refractivity contribution in [2.75, 3.05) is 0 Å². The van der Waals surface area contributed by atoms with Crippen LogP contribution in [0.2, 0.25) is 0 Å². The average Bonchev–Trinajstić information content (AvgIpc) is 2.73. The maximum Gasteiger partial charge on any atom is 0.389 e. The van der Waals surface area contributed by atoms with Crippen molar-refractivity contribution in [1.29, 1.82) is 0 Å². The molecular weight excluding hydrogens is 206 g/mol. The molecule has 0 amide bonds. The summed E-state index contributed by atoms with van der Waals surface area (Å²) < 4.78 is 1.68. The zero-order valence-corrected chi connectivity index (χ0v) is 9.93. The molecule has 0 spiro atoms. The van der Waals surface area contributed by atoms with Crippen LogP contribution < -0.4 is 0 Å². The van der Waals surface area contributed by atoms with E-state index in [0.29, 0.717) is 0 Å². The van der Waals surface area contributed by atoms with Gasteiger partial charge in [0.25, 0.3) is 0 Å². The van der Waals surface area contributed by atoms with Gasteiger partial charge in [-0.25, -0.2) is 0 Å². The van der Waals surface area contributed by atoms with Crippen LogP contribution in [0.3, 0.4) is 0 Å². The van der Waals surface area contributed by atoms with E-state index in [2.05, 4.69) is 12.0 Å². The monoisotopic (exact) mass is 225 g/mol. The van der Waals surface area contributed by atoms with Crippen molar-refractivity contribution in [3.63, 3.8) is 0 Å². The molecule has 5 nitrogen and oxygen atoms in total. The summed E-state index contributed by atoms with van der Waals surface area (Å²) in [6.07, 6.45) is 7.57. The molecule has 0 radical (unpaired) electrons. The summed E-state index contributed by atoms with van der Waals surface area (Å²) in [6, 6.07) is 1.69. The van der Waals surface area contributed by atoms with Crippen LogP contribution in [0.4, 0.5) is 5.82 Å². The minimum atomic E-state index is -0.458. The Bertz CT molecular complexity index is 336. The first-order valence-electron chi connectivity index (χ1n) is 5.84. The summed E-state index contributed by atoms with van der Waals surface area (Å²) in [4.78, 5) is 10.0. The molecule has 0 saturated heterocycles. The summed E-state index contributed by atoms with van der Waals surface area (Å²) in [5.41, 5.74) is 0. The fourth-order valence-corrected chi connectivity index (χ4v) is 1.67. The van der Waals surface area contributed by atoms with E-state index >= 15 is 0 Å². The molecule has 1 aromatic heterocycles. The van der Waals surface area contributed by atoms with Crippen molar-refractivity contribution in [3.05, 3.63) is 22.4 Å². The maximum atomic E-state index is 10.5. The van der Waals surface area contributed by atoms with Gasteiger partial charge in [-0.2, -0.15) is 4.68 Å². The predicted molar refractivity (Wildman–Crippen MR) is 62.4 cm³/mol. The number of nitro groups is 1. The van der Waals surface area contributed by atoms with Crippen molar-refractivity contribution >= 4 is 5.82 Å². The summed E-state index contributed by atoms with van der Waals surface area (Å²) in [6.45, 7) is 4.23. The first kappa shape index (κ1) is 12.7. The van der Waals surface area contributed by atoms with Crippen LogP contribution >= 0.6 is 0 Å². The van der Waals surface area contributed by atoms with Gasteiger partial charge in [-0.3, -0.25) is 0 Å². The molecule has 16 heavy (non-hydrogen) atoms. The van der Waals surface area contributed by atoms with Crippen LogP contribution in [-0.4, -0.2) is 14.7 Å². The Morgan fingerprint density at radius 3 is 2.81 bits per heavy atom. The molecular formula is C11H19N3O2. The van der Waals surface area contributed by atoms with Crippen LogP contribution in [0.15, 0.2) is 12.3 Å².